The van der Waals surface area contributed by atoms with E-state index in [1.54, 1.807) is 7.11 Å². The van der Waals surface area contributed by atoms with Gasteiger partial charge in [-0.15, -0.1) is 0 Å². The lowest BCUT2D eigenvalue weighted by atomic mass is 10.0. The topological polar surface area (TPSA) is 35.0 Å². The lowest BCUT2D eigenvalue weighted by Gasteiger charge is -2.11. The molecule has 0 fully saturated rings. The molecule has 0 amide bonds. The van der Waals surface area contributed by atoms with Crippen LogP contribution in [0.1, 0.15) is 11.1 Å². The Balaban J connectivity index is 2.68. The van der Waals surface area contributed by atoms with Crippen LogP contribution in [0.2, 0.25) is 5.15 Å². The molecular weight excluding hydrogens is 236 g/mol. The van der Waals surface area contributed by atoms with E-state index in [4.69, 9.17) is 16.3 Å². The third-order valence-corrected chi connectivity index (χ3v) is 3.09. The first-order valence-electron chi connectivity index (χ1n) is 5.26. The van der Waals surface area contributed by atoms with Crippen LogP contribution in [0.5, 0.6) is 5.75 Å². The van der Waals surface area contributed by atoms with E-state index in [9.17, 15) is 0 Å². The summed E-state index contributed by atoms with van der Waals surface area (Å²) in [4.78, 5) is 8.18. The van der Waals surface area contributed by atoms with Crippen molar-refractivity contribution in [3.63, 3.8) is 0 Å². The molecule has 2 rings (SSSR count). The molecular formula is C13H13ClN2O. The highest BCUT2D eigenvalue weighted by Crippen LogP contribution is 2.34. The molecule has 1 heterocycles. The van der Waals surface area contributed by atoms with Crippen LogP contribution < -0.4 is 4.74 Å². The molecule has 88 valence electrons. The minimum Gasteiger partial charge on any atom is -0.491 e. The second-order valence-corrected chi connectivity index (χ2v) is 4.15. The van der Waals surface area contributed by atoms with E-state index >= 15 is 0 Å². The van der Waals surface area contributed by atoms with Gasteiger partial charge in [-0.1, -0.05) is 29.8 Å². The Morgan fingerprint density at radius 2 is 1.94 bits per heavy atom. The summed E-state index contributed by atoms with van der Waals surface area (Å²) in [5.74, 6) is 0.517. The number of hydrogen-bond donors (Lipinski definition) is 0. The Labute approximate surface area is 105 Å². The molecule has 1 aromatic heterocycles. The molecule has 0 aliphatic heterocycles. The Hall–Kier alpha value is -1.61. The maximum absolute atomic E-state index is 6.00. The second kappa shape index (κ2) is 4.72. The summed E-state index contributed by atoms with van der Waals surface area (Å²) >= 11 is 6.00. The summed E-state index contributed by atoms with van der Waals surface area (Å²) in [7, 11) is 1.57. The van der Waals surface area contributed by atoms with Crippen LogP contribution in [0.25, 0.3) is 11.3 Å². The van der Waals surface area contributed by atoms with E-state index in [2.05, 4.69) is 29.9 Å². The fraction of sp³-hybridized carbons (Fsp3) is 0.231. The molecule has 4 heteroatoms. The van der Waals surface area contributed by atoms with Gasteiger partial charge >= 0.3 is 0 Å². The maximum atomic E-state index is 6.00. The average Bonchev–Trinajstić information content (AvgIpc) is 2.32. The number of methoxy groups -OCH3 is 1. The predicted octanol–water partition coefficient (Wildman–Crippen LogP) is 3.42. The van der Waals surface area contributed by atoms with Gasteiger partial charge in [-0.25, -0.2) is 9.97 Å². The van der Waals surface area contributed by atoms with Crippen molar-refractivity contribution in [3.8, 4) is 17.0 Å². The van der Waals surface area contributed by atoms with Crippen LogP contribution in [0, 0.1) is 13.8 Å². The van der Waals surface area contributed by atoms with E-state index in [0.717, 1.165) is 11.3 Å². The zero-order chi connectivity index (χ0) is 12.4. The first-order chi connectivity index (χ1) is 8.15. The zero-order valence-electron chi connectivity index (χ0n) is 9.99. The minimum absolute atomic E-state index is 0.332. The average molecular weight is 249 g/mol. The third-order valence-electron chi connectivity index (χ3n) is 2.82. The Kier molecular flexibility index (Phi) is 3.29. The normalized spacial score (nSPS) is 10.4. The Bertz CT molecular complexity index is 555. The van der Waals surface area contributed by atoms with Crippen molar-refractivity contribution in [2.45, 2.75) is 13.8 Å². The molecule has 0 atom stereocenters. The highest BCUT2D eigenvalue weighted by Gasteiger charge is 2.14. The van der Waals surface area contributed by atoms with E-state index < -0.39 is 0 Å². The van der Waals surface area contributed by atoms with Gasteiger partial charge in [-0.3, -0.25) is 0 Å². The molecule has 0 aliphatic rings. The first kappa shape index (κ1) is 11.9. The highest BCUT2D eigenvalue weighted by molar-refractivity contribution is 6.31. The van der Waals surface area contributed by atoms with Gasteiger partial charge < -0.3 is 4.74 Å². The van der Waals surface area contributed by atoms with Crippen LogP contribution in [0.3, 0.4) is 0 Å². The van der Waals surface area contributed by atoms with Crippen LogP contribution >= 0.6 is 11.6 Å². The molecule has 0 unspecified atom stereocenters. The van der Waals surface area contributed by atoms with Gasteiger partial charge in [0.15, 0.2) is 10.9 Å². The number of ether oxygens (including phenoxy) is 1. The molecule has 0 saturated carbocycles. The Morgan fingerprint density at radius 3 is 2.65 bits per heavy atom. The largest absolute Gasteiger partial charge is 0.491 e. The molecule has 3 nitrogen and oxygen atoms in total. The summed E-state index contributed by atoms with van der Waals surface area (Å²) in [5, 5.41) is 0.332. The van der Waals surface area contributed by atoms with Gasteiger partial charge in [-0.2, -0.15) is 0 Å². The molecule has 0 aliphatic carbocycles. The van der Waals surface area contributed by atoms with Crippen molar-refractivity contribution in [3.05, 3.63) is 40.8 Å². The lowest BCUT2D eigenvalue weighted by molar-refractivity contribution is 0.413. The van der Waals surface area contributed by atoms with Crippen molar-refractivity contribution in [2.75, 3.05) is 7.11 Å². The molecule has 17 heavy (non-hydrogen) atoms. The SMILES string of the molecule is COc1c(Cl)ncnc1-c1cccc(C)c1C. The van der Waals surface area contributed by atoms with Crippen LogP contribution in [-0.2, 0) is 0 Å². The van der Waals surface area contributed by atoms with Crippen molar-refractivity contribution < 1.29 is 4.74 Å². The summed E-state index contributed by atoms with van der Waals surface area (Å²) in [5.41, 5.74) is 4.12. The smallest absolute Gasteiger partial charge is 0.182 e. The zero-order valence-corrected chi connectivity index (χ0v) is 10.7. The number of aromatic nitrogens is 2. The molecule has 0 saturated heterocycles. The second-order valence-electron chi connectivity index (χ2n) is 3.79. The van der Waals surface area contributed by atoms with Gasteiger partial charge in [0.2, 0.25) is 0 Å². The van der Waals surface area contributed by atoms with Crippen LogP contribution in [-0.4, -0.2) is 17.1 Å². The van der Waals surface area contributed by atoms with Gasteiger partial charge in [0, 0.05) is 5.56 Å². The first-order valence-corrected chi connectivity index (χ1v) is 5.64. The minimum atomic E-state index is 0.332. The number of halogens is 1. The van der Waals surface area contributed by atoms with E-state index in [-0.39, 0.29) is 0 Å². The number of nitrogens with zero attached hydrogens (tertiary/aromatic N) is 2. The number of benzene rings is 1. The van der Waals surface area contributed by atoms with Crippen molar-refractivity contribution in [1.82, 2.24) is 9.97 Å². The van der Waals surface area contributed by atoms with E-state index in [0.29, 0.717) is 10.9 Å². The molecule has 0 bridgehead atoms. The number of hydrogen-bond acceptors (Lipinski definition) is 3. The quantitative estimate of drug-likeness (QED) is 0.764. The van der Waals surface area contributed by atoms with Gasteiger partial charge in [0.25, 0.3) is 0 Å². The van der Waals surface area contributed by atoms with Gasteiger partial charge in [0.05, 0.1) is 7.11 Å². The van der Waals surface area contributed by atoms with E-state index in [1.807, 2.05) is 12.1 Å². The van der Waals surface area contributed by atoms with Gasteiger partial charge in [-0.05, 0) is 25.0 Å². The predicted molar refractivity (Wildman–Crippen MR) is 68.5 cm³/mol. The monoisotopic (exact) mass is 248 g/mol. The molecule has 0 radical (unpaired) electrons. The lowest BCUT2D eigenvalue weighted by Crippen LogP contribution is -1.96. The van der Waals surface area contributed by atoms with E-state index in [1.165, 1.54) is 17.5 Å². The standard InChI is InChI=1S/C13H13ClN2O/c1-8-5-4-6-10(9(8)2)11-12(17-3)13(14)16-7-15-11/h4-7H,1-3H3. The Morgan fingerprint density at radius 1 is 1.18 bits per heavy atom. The molecule has 2 aromatic rings. The number of aryl methyl sites for hydroxylation is 1. The fourth-order valence-corrected chi connectivity index (χ4v) is 1.94. The summed E-state index contributed by atoms with van der Waals surface area (Å²) in [6.45, 7) is 4.12. The van der Waals surface area contributed by atoms with Gasteiger partial charge in [0.1, 0.15) is 12.0 Å². The molecule has 1 aromatic carbocycles. The highest BCUT2D eigenvalue weighted by atomic mass is 35.5. The molecule has 0 N–H and O–H groups in total. The maximum Gasteiger partial charge on any atom is 0.182 e. The van der Waals surface area contributed by atoms with Crippen LogP contribution in [0.15, 0.2) is 24.5 Å². The fourth-order valence-electron chi connectivity index (χ4n) is 1.73. The van der Waals surface area contributed by atoms with Crippen molar-refractivity contribution >= 4 is 11.6 Å². The van der Waals surface area contributed by atoms with Crippen LogP contribution in [0.4, 0.5) is 0 Å². The molecule has 0 spiro atoms. The third kappa shape index (κ3) is 2.11. The number of rotatable bonds is 2. The summed E-state index contributed by atoms with van der Waals surface area (Å²) in [6.07, 6.45) is 1.45. The summed E-state index contributed by atoms with van der Waals surface area (Å²) in [6, 6.07) is 6.06. The summed E-state index contributed by atoms with van der Waals surface area (Å²) < 4.78 is 5.27. The van der Waals surface area contributed by atoms with Crippen molar-refractivity contribution in [1.29, 1.82) is 0 Å². The van der Waals surface area contributed by atoms with Crippen molar-refractivity contribution in [2.24, 2.45) is 0 Å².